The smallest absolute Gasteiger partial charge is 0.274 e. The van der Waals surface area contributed by atoms with E-state index in [0.717, 1.165) is 30.5 Å². The number of likely N-dealkylation sites (tertiary alicyclic amines) is 1. The van der Waals surface area contributed by atoms with Crippen LogP contribution in [0.25, 0.3) is 0 Å². The highest BCUT2D eigenvalue weighted by atomic mass is 16.5. The largest absolute Gasteiger partial charge is 0.361 e. The fourth-order valence-corrected chi connectivity index (χ4v) is 2.47. The molecule has 7 heteroatoms. The molecule has 0 unspecified atom stereocenters. The molecule has 1 amide bonds. The summed E-state index contributed by atoms with van der Waals surface area (Å²) in [6.45, 7) is 2.47. The number of nitrogens with zero attached hydrogens (tertiary/aromatic N) is 3. The van der Waals surface area contributed by atoms with Crippen LogP contribution in [0.15, 0.2) is 27.8 Å². The van der Waals surface area contributed by atoms with Crippen molar-refractivity contribution in [1.82, 2.24) is 20.0 Å². The van der Waals surface area contributed by atoms with Gasteiger partial charge in [0.1, 0.15) is 17.1 Å². The van der Waals surface area contributed by atoms with E-state index in [4.69, 9.17) is 4.52 Å². The Morgan fingerprint density at radius 1 is 1.55 bits per heavy atom. The molecule has 3 rings (SSSR count). The molecule has 2 aromatic heterocycles. The number of carbonyl (C=O) groups excluding carboxylic acids is 1. The Balaban J connectivity index is 1.86. The lowest BCUT2D eigenvalue weighted by Gasteiger charge is -2.22. The summed E-state index contributed by atoms with van der Waals surface area (Å²) in [5, 5.41) is 3.99. The van der Waals surface area contributed by atoms with Gasteiger partial charge < -0.3 is 14.4 Å². The summed E-state index contributed by atoms with van der Waals surface area (Å²) in [5.74, 6) is 0.519. The summed E-state index contributed by atoms with van der Waals surface area (Å²) in [6.07, 6.45) is 4.21. The first kappa shape index (κ1) is 12.6. The second-order valence-electron chi connectivity index (χ2n) is 4.82. The molecular formula is C13H14N4O3. The predicted octanol–water partition coefficient (Wildman–Crippen LogP) is 1.04. The van der Waals surface area contributed by atoms with Crippen LogP contribution in [-0.2, 0) is 0 Å². The lowest BCUT2D eigenvalue weighted by atomic mass is 10.1. The van der Waals surface area contributed by atoms with Crippen molar-refractivity contribution in [2.24, 2.45) is 0 Å². The zero-order valence-electron chi connectivity index (χ0n) is 11.0. The van der Waals surface area contributed by atoms with E-state index in [-0.39, 0.29) is 23.2 Å². The summed E-state index contributed by atoms with van der Waals surface area (Å²) in [4.78, 5) is 31.5. The number of aromatic amines is 1. The first-order valence-electron chi connectivity index (χ1n) is 6.44. The third-order valence-electron chi connectivity index (χ3n) is 3.39. The fourth-order valence-electron chi connectivity index (χ4n) is 2.47. The lowest BCUT2D eigenvalue weighted by molar-refractivity contribution is 0.0724. The Morgan fingerprint density at radius 3 is 3.05 bits per heavy atom. The molecule has 1 fully saturated rings. The minimum Gasteiger partial charge on any atom is -0.361 e. The van der Waals surface area contributed by atoms with Gasteiger partial charge in [0.25, 0.3) is 11.5 Å². The van der Waals surface area contributed by atoms with Crippen LogP contribution in [0.3, 0.4) is 0 Å². The number of nitrogens with one attached hydrogen (secondary N) is 1. The van der Waals surface area contributed by atoms with Gasteiger partial charge in [0, 0.05) is 18.8 Å². The van der Waals surface area contributed by atoms with E-state index in [1.165, 1.54) is 6.20 Å². The van der Waals surface area contributed by atoms with Crippen LogP contribution >= 0.6 is 0 Å². The van der Waals surface area contributed by atoms with E-state index in [2.05, 4.69) is 15.1 Å². The molecule has 1 aliphatic rings. The minimum absolute atomic E-state index is 0.0892. The van der Waals surface area contributed by atoms with Crippen molar-refractivity contribution in [2.75, 3.05) is 6.54 Å². The second kappa shape index (κ2) is 4.92. The first-order valence-corrected chi connectivity index (χ1v) is 6.44. The number of carbonyl (C=O) groups is 1. The van der Waals surface area contributed by atoms with E-state index in [1.807, 2.05) is 13.0 Å². The highest BCUT2D eigenvalue weighted by molar-refractivity contribution is 5.92. The number of aromatic nitrogens is 3. The van der Waals surface area contributed by atoms with Crippen molar-refractivity contribution in [3.05, 3.63) is 46.0 Å². The van der Waals surface area contributed by atoms with E-state index in [0.29, 0.717) is 6.54 Å². The Morgan fingerprint density at radius 2 is 2.40 bits per heavy atom. The molecule has 104 valence electrons. The zero-order chi connectivity index (χ0) is 14.1. The number of amides is 1. The quantitative estimate of drug-likeness (QED) is 0.883. The Labute approximate surface area is 114 Å². The van der Waals surface area contributed by atoms with E-state index in [1.54, 1.807) is 4.90 Å². The molecule has 1 saturated heterocycles. The SMILES string of the molecule is Cc1cc([C@@H]2CCCN2C(=O)c2c[nH]c(=O)cn2)no1. The van der Waals surface area contributed by atoms with Crippen LogP contribution in [0.2, 0.25) is 0 Å². The molecule has 2 aromatic rings. The van der Waals surface area contributed by atoms with Crippen LogP contribution < -0.4 is 5.56 Å². The van der Waals surface area contributed by atoms with Gasteiger partial charge in [0.2, 0.25) is 0 Å². The Bertz CT molecular complexity index is 670. The summed E-state index contributed by atoms with van der Waals surface area (Å²) in [5.41, 5.74) is 0.668. The van der Waals surface area contributed by atoms with Gasteiger partial charge in [-0.2, -0.15) is 0 Å². The number of aryl methyl sites for hydroxylation is 1. The van der Waals surface area contributed by atoms with Gasteiger partial charge in [0.05, 0.1) is 12.2 Å². The summed E-state index contributed by atoms with van der Waals surface area (Å²) < 4.78 is 5.08. The van der Waals surface area contributed by atoms with Crippen LogP contribution in [-0.4, -0.2) is 32.5 Å². The third kappa shape index (κ3) is 2.22. The number of hydrogen-bond acceptors (Lipinski definition) is 5. The van der Waals surface area contributed by atoms with Gasteiger partial charge in [-0.1, -0.05) is 5.16 Å². The number of hydrogen-bond donors (Lipinski definition) is 1. The molecular weight excluding hydrogens is 260 g/mol. The molecule has 0 saturated carbocycles. The molecule has 0 bridgehead atoms. The first-order chi connectivity index (χ1) is 9.65. The molecule has 20 heavy (non-hydrogen) atoms. The van der Waals surface area contributed by atoms with Crippen molar-refractivity contribution < 1.29 is 9.32 Å². The van der Waals surface area contributed by atoms with Crippen molar-refractivity contribution in [3.8, 4) is 0 Å². The number of rotatable bonds is 2. The molecule has 3 heterocycles. The van der Waals surface area contributed by atoms with Gasteiger partial charge in [0.15, 0.2) is 0 Å². The van der Waals surface area contributed by atoms with E-state index in [9.17, 15) is 9.59 Å². The lowest BCUT2D eigenvalue weighted by Crippen LogP contribution is -2.32. The second-order valence-corrected chi connectivity index (χ2v) is 4.82. The average molecular weight is 274 g/mol. The zero-order valence-corrected chi connectivity index (χ0v) is 11.0. The number of H-pyrrole nitrogens is 1. The van der Waals surface area contributed by atoms with Crippen LogP contribution in [0.5, 0.6) is 0 Å². The van der Waals surface area contributed by atoms with Gasteiger partial charge in [-0.3, -0.25) is 9.59 Å². The highest BCUT2D eigenvalue weighted by Crippen LogP contribution is 2.32. The van der Waals surface area contributed by atoms with Gasteiger partial charge in [-0.25, -0.2) is 4.98 Å². The monoisotopic (exact) mass is 274 g/mol. The van der Waals surface area contributed by atoms with Gasteiger partial charge in [-0.15, -0.1) is 0 Å². The highest BCUT2D eigenvalue weighted by Gasteiger charge is 2.33. The topological polar surface area (TPSA) is 92.1 Å². The molecule has 0 aromatic carbocycles. The summed E-state index contributed by atoms with van der Waals surface area (Å²) in [7, 11) is 0. The maximum absolute atomic E-state index is 12.4. The molecule has 1 N–H and O–H groups in total. The Kier molecular flexibility index (Phi) is 3.09. The van der Waals surface area contributed by atoms with E-state index < -0.39 is 0 Å². The normalized spacial score (nSPS) is 18.4. The minimum atomic E-state index is -0.327. The van der Waals surface area contributed by atoms with Crippen molar-refractivity contribution in [3.63, 3.8) is 0 Å². The molecule has 7 nitrogen and oxygen atoms in total. The molecule has 1 atom stereocenters. The molecule has 0 radical (unpaired) electrons. The Hall–Kier alpha value is -2.44. The van der Waals surface area contributed by atoms with E-state index >= 15 is 0 Å². The third-order valence-corrected chi connectivity index (χ3v) is 3.39. The molecule has 0 aliphatic carbocycles. The average Bonchev–Trinajstić information content (AvgIpc) is 3.07. The summed E-state index contributed by atoms with van der Waals surface area (Å²) in [6, 6.07) is 1.75. The fraction of sp³-hybridized carbons (Fsp3) is 0.385. The van der Waals surface area contributed by atoms with Crippen molar-refractivity contribution in [2.45, 2.75) is 25.8 Å². The van der Waals surface area contributed by atoms with Crippen LogP contribution in [0.1, 0.15) is 40.8 Å². The molecule has 1 aliphatic heterocycles. The standard InChI is InChI=1S/C13H14N4O3/c1-8-5-9(16-20-8)11-3-2-4-17(11)13(19)10-6-15-12(18)7-14-10/h5-7,11H,2-4H2,1H3,(H,15,18)/t11-/m0/s1. The van der Waals surface area contributed by atoms with Crippen LogP contribution in [0, 0.1) is 6.92 Å². The maximum atomic E-state index is 12.4. The maximum Gasteiger partial charge on any atom is 0.274 e. The van der Waals surface area contributed by atoms with Gasteiger partial charge in [-0.05, 0) is 19.8 Å². The van der Waals surface area contributed by atoms with Crippen molar-refractivity contribution in [1.29, 1.82) is 0 Å². The molecule has 0 spiro atoms. The van der Waals surface area contributed by atoms with Crippen molar-refractivity contribution >= 4 is 5.91 Å². The predicted molar refractivity (Wildman–Crippen MR) is 69.1 cm³/mol. The van der Waals surface area contributed by atoms with Gasteiger partial charge >= 0.3 is 0 Å². The summed E-state index contributed by atoms with van der Waals surface area (Å²) >= 11 is 0. The van der Waals surface area contributed by atoms with Crippen LogP contribution in [0.4, 0.5) is 0 Å².